The van der Waals surface area contributed by atoms with Crippen LogP contribution in [0, 0.1) is 5.92 Å². The van der Waals surface area contributed by atoms with Crippen molar-refractivity contribution in [2.24, 2.45) is 11.0 Å². The quantitative estimate of drug-likeness (QED) is 0.382. The Bertz CT molecular complexity index is 705. The molecular weight excluding hydrogens is 326 g/mol. The molecule has 1 aromatic heterocycles. The van der Waals surface area contributed by atoms with Gasteiger partial charge >= 0.3 is 0 Å². The summed E-state index contributed by atoms with van der Waals surface area (Å²) in [6.07, 6.45) is 9.43. The molecular formula is C17H19N3OS2. The maximum Gasteiger partial charge on any atom is 0.253 e. The number of carbonyl (C=O) groups excluding carboxylic acids is 1. The van der Waals surface area contributed by atoms with E-state index in [4.69, 9.17) is 0 Å². The second kappa shape index (κ2) is 7.75. The van der Waals surface area contributed by atoms with E-state index in [0.29, 0.717) is 5.92 Å². The average Bonchev–Trinajstić information content (AvgIpc) is 2.98. The summed E-state index contributed by atoms with van der Waals surface area (Å²) in [6.45, 7) is 1.88. The molecule has 1 aliphatic carbocycles. The molecule has 0 spiro atoms. The van der Waals surface area contributed by atoms with Crippen molar-refractivity contribution < 1.29 is 4.79 Å². The smallest absolute Gasteiger partial charge is 0.253 e. The molecule has 1 amide bonds. The fourth-order valence-corrected chi connectivity index (χ4v) is 4.56. The van der Waals surface area contributed by atoms with Crippen LogP contribution >= 0.6 is 23.1 Å². The third-order valence-electron chi connectivity index (χ3n) is 3.69. The van der Waals surface area contributed by atoms with Crippen LogP contribution in [0.5, 0.6) is 0 Å². The predicted octanol–water partition coefficient (Wildman–Crippen LogP) is 4.24. The molecule has 0 saturated heterocycles. The first-order chi connectivity index (χ1) is 11.2. The molecule has 23 heavy (non-hydrogen) atoms. The number of thioether (sulfide) groups is 1. The van der Waals surface area contributed by atoms with Crippen molar-refractivity contribution in [3.63, 3.8) is 0 Å². The Morgan fingerprint density at radius 2 is 2.35 bits per heavy atom. The van der Waals surface area contributed by atoms with Crippen molar-refractivity contribution in [2.75, 3.05) is 0 Å². The first-order valence-electron chi connectivity index (χ1n) is 7.72. The van der Waals surface area contributed by atoms with E-state index in [1.807, 2.05) is 37.4 Å². The summed E-state index contributed by atoms with van der Waals surface area (Å²) in [5.41, 5.74) is 3.63. The lowest BCUT2D eigenvalue weighted by atomic mass is 9.96. The van der Waals surface area contributed by atoms with Gasteiger partial charge in [0.1, 0.15) is 0 Å². The van der Waals surface area contributed by atoms with Gasteiger partial charge in [0.2, 0.25) is 0 Å². The molecule has 1 N–H and O–H groups in total. The molecule has 0 aliphatic heterocycles. The second-order valence-corrected chi connectivity index (χ2v) is 8.12. The topological polar surface area (TPSA) is 54.4 Å². The van der Waals surface area contributed by atoms with Crippen LogP contribution in [0.25, 0.3) is 10.2 Å². The van der Waals surface area contributed by atoms with Crippen LogP contribution < -0.4 is 5.43 Å². The number of hydrazone groups is 1. The molecule has 2 aromatic rings. The second-order valence-electron chi connectivity index (χ2n) is 5.51. The number of carbonyl (C=O) groups is 1. The lowest BCUT2D eigenvalue weighted by molar-refractivity contribution is -0.120. The standard InChI is InChI=1S/C17H19N3OS2/c1-12(16(21)20-18-11-13-7-3-2-4-8-13)22-17-19-14-9-5-6-10-15(14)23-17/h2-3,5-6,9-13H,4,7-8H2,1H3,(H,20,21)/b18-11+/t12-,13+/m1/s1. The minimum Gasteiger partial charge on any atom is -0.272 e. The highest BCUT2D eigenvalue weighted by Gasteiger charge is 2.16. The van der Waals surface area contributed by atoms with Gasteiger partial charge in [0, 0.05) is 6.21 Å². The van der Waals surface area contributed by atoms with Crippen molar-refractivity contribution >= 4 is 45.4 Å². The summed E-state index contributed by atoms with van der Waals surface area (Å²) in [6, 6.07) is 8.01. The van der Waals surface area contributed by atoms with Crippen LogP contribution in [-0.4, -0.2) is 22.4 Å². The fourth-order valence-electron chi connectivity index (χ4n) is 2.36. The summed E-state index contributed by atoms with van der Waals surface area (Å²) in [5, 5.41) is 3.89. The largest absolute Gasteiger partial charge is 0.272 e. The summed E-state index contributed by atoms with van der Waals surface area (Å²) < 4.78 is 2.06. The third-order valence-corrected chi connectivity index (χ3v) is 5.92. The van der Waals surface area contributed by atoms with E-state index in [9.17, 15) is 4.79 Å². The van der Waals surface area contributed by atoms with Crippen LogP contribution in [-0.2, 0) is 4.79 Å². The number of para-hydroxylation sites is 1. The Balaban J connectivity index is 1.52. The summed E-state index contributed by atoms with van der Waals surface area (Å²) >= 11 is 3.09. The van der Waals surface area contributed by atoms with Gasteiger partial charge < -0.3 is 0 Å². The molecule has 1 heterocycles. The molecule has 0 fully saturated rings. The molecule has 120 valence electrons. The Kier molecular flexibility index (Phi) is 5.46. The van der Waals surface area contributed by atoms with Gasteiger partial charge in [-0.2, -0.15) is 5.10 Å². The van der Waals surface area contributed by atoms with E-state index in [0.717, 1.165) is 33.8 Å². The maximum atomic E-state index is 12.1. The molecule has 6 heteroatoms. The van der Waals surface area contributed by atoms with Crippen molar-refractivity contribution in [3.8, 4) is 0 Å². The van der Waals surface area contributed by atoms with E-state index >= 15 is 0 Å². The average molecular weight is 345 g/mol. The Labute approximate surface area is 144 Å². The number of aromatic nitrogens is 1. The van der Waals surface area contributed by atoms with Gasteiger partial charge in [-0.3, -0.25) is 4.79 Å². The highest BCUT2D eigenvalue weighted by atomic mass is 32.2. The monoisotopic (exact) mass is 345 g/mol. The Morgan fingerprint density at radius 3 is 3.13 bits per heavy atom. The summed E-state index contributed by atoms with van der Waals surface area (Å²) in [7, 11) is 0. The predicted molar refractivity (Wildman–Crippen MR) is 98.1 cm³/mol. The number of hydrogen-bond donors (Lipinski definition) is 1. The van der Waals surface area contributed by atoms with Crippen LogP contribution in [0.3, 0.4) is 0 Å². The van der Waals surface area contributed by atoms with Gasteiger partial charge in [-0.15, -0.1) is 11.3 Å². The zero-order valence-corrected chi connectivity index (χ0v) is 14.6. The SMILES string of the molecule is C[C@@H](Sc1nc2ccccc2s1)C(=O)N/N=C/[C@H]1CC=CCC1. The molecule has 0 unspecified atom stereocenters. The lowest BCUT2D eigenvalue weighted by Gasteiger charge is -2.12. The van der Waals surface area contributed by atoms with Crippen LogP contribution in [0.2, 0.25) is 0 Å². The number of thiazole rings is 1. The number of rotatable bonds is 5. The van der Waals surface area contributed by atoms with E-state index in [1.165, 1.54) is 11.8 Å². The summed E-state index contributed by atoms with van der Waals surface area (Å²) in [5.74, 6) is 0.351. The number of benzene rings is 1. The van der Waals surface area contributed by atoms with Gasteiger partial charge in [-0.25, -0.2) is 10.4 Å². The van der Waals surface area contributed by atoms with Crippen molar-refractivity contribution in [1.82, 2.24) is 10.4 Å². The molecule has 0 saturated carbocycles. The first-order valence-corrected chi connectivity index (χ1v) is 9.42. The zero-order chi connectivity index (χ0) is 16.1. The van der Waals surface area contributed by atoms with E-state index in [1.54, 1.807) is 11.3 Å². The number of hydrogen-bond acceptors (Lipinski definition) is 5. The molecule has 3 rings (SSSR count). The van der Waals surface area contributed by atoms with Gasteiger partial charge in [0.05, 0.1) is 15.5 Å². The highest BCUT2D eigenvalue weighted by Crippen LogP contribution is 2.31. The van der Waals surface area contributed by atoms with Gasteiger partial charge in [-0.05, 0) is 44.2 Å². The van der Waals surface area contributed by atoms with E-state index < -0.39 is 0 Å². The molecule has 0 bridgehead atoms. The normalized spacial score (nSPS) is 19.3. The van der Waals surface area contributed by atoms with E-state index in [-0.39, 0.29) is 11.2 Å². The summed E-state index contributed by atoms with van der Waals surface area (Å²) in [4.78, 5) is 16.7. The fraction of sp³-hybridized carbons (Fsp3) is 0.353. The molecule has 4 nitrogen and oxygen atoms in total. The van der Waals surface area contributed by atoms with E-state index in [2.05, 4.69) is 27.7 Å². The Morgan fingerprint density at radius 1 is 1.48 bits per heavy atom. The molecule has 0 radical (unpaired) electrons. The number of nitrogens with one attached hydrogen (secondary N) is 1. The zero-order valence-electron chi connectivity index (χ0n) is 12.9. The van der Waals surface area contributed by atoms with Crippen LogP contribution in [0.4, 0.5) is 0 Å². The van der Waals surface area contributed by atoms with Gasteiger partial charge in [0.15, 0.2) is 4.34 Å². The highest BCUT2D eigenvalue weighted by molar-refractivity contribution is 8.02. The maximum absolute atomic E-state index is 12.1. The van der Waals surface area contributed by atoms with Crippen molar-refractivity contribution in [1.29, 1.82) is 0 Å². The number of fused-ring (bicyclic) bond motifs is 1. The van der Waals surface area contributed by atoms with Gasteiger partial charge in [-0.1, -0.05) is 36.0 Å². The lowest BCUT2D eigenvalue weighted by Crippen LogP contribution is -2.27. The van der Waals surface area contributed by atoms with Crippen molar-refractivity contribution in [2.45, 2.75) is 35.8 Å². The number of allylic oxidation sites excluding steroid dienone is 2. The number of amides is 1. The number of nitrogens with zero attached hydrogens (tertiary/aromatic N) is 2. The molecule has 2 atom stereocenters. The van der Waals surface area contributed by atoms with Crippen LogP contribution in [0.1, 0.15) is 26.2 Å². The minimum absolute atomic E-state index is 0.0862. The van der Waals surface area contributed by atoms with Crippen LogP contribution in [0.15, 0.2) is 45.9 Å². The first kappa shape index (κ1) is 16.2. The molecule has 1 aliphatic rings. The Hall–Kier alpha value is -1.66. The molecule has 1 aromatic carbocycles. The third kappa shape index (κ3) is 4.42. The minimum atomic E-state index is -0.223. The van der Waals surface area contributed by atoms with Crippen molar-refractivity contribution in [3.05, 3.63) is 36.4 Å². The van der Waals surface area contributed by atoms with Gasteiger partial charge in [0.25, 0.3) is 5.91 Å².